The Balaban J connectivity index is 2.72. The van der Waals surface area contributed by atoms with Crippen molar-refractivity contribution in [2.45, 2.75) is 0 Å². The molecule has 0 atom stereocenters. The summed E-state index contributed by atoms with van der Waals surface area (Å²) in [5.74, 6) is 0.629. The van der Waals surface area contributed by atoms with Gasteiger partial charge in [0.2, 0.25) is 0 Å². The first kappa shape index (κ1) is 9.09. The normalized spacial score (nSPS) is 9.83. The van der Waals surface area contributed by atoms with Gasteiger partial charge in [0.25, 0.3) is 0 Å². The predicted octanol–water partition coefficient (Wildman–Crippen LogP) is 0.688. The van der Waals surface area contributed by atoms with E-state index >= 15 is 0 Å². The predicted molar refractivity (Wildman–Crippen MR) is 51.2 cm³/mol. The molecule has 0 aliphatic carbocycles. The second-order valence-corrected chi connectivity index (χ2v) is 2.74. The average Bonchev–Trinajstić information content (AvgIpc) is 2.03. The molecule has 0 spiro atoms. The molecule has 0 saturated carbocycles. The summed E-state index contributed by atoms with van der Waals surface area (Å²) in [7, 11) is 0. The van der Waals surface area contributed by atoms with Gasteiger partial charge in [0.15, 0.2) is 0 Å². The van der Waals surface area contributed by atoms with E-state index in [4.69, 9.17) is 23.1 Å². The minimum Gasteiger partial charge on any atom is -0.396 e. The van der Waals surface area contributed by atoms with Crippen LogP contribution < -0.4 is 16.8 Å². The van der Waals surface area contributed by atoms with Gasteiger partial charge in [0.1, 0.15) is 5.82 Å². The Morgan fingerprint density at radius 3 is 2.92 bits per heavy atom. The van der Waals surface area contributed by atoms with Crippen molar-refractivity contribution in [1.82, 2.24) is 4.98 Å². The van der Waals surface area contributed by atoms with Gasteiger partial charge in [-0.1, -0.05) is 11.6 Å². The van der Waals surface area contributed by atoms with Crippen LogP contribution in [0.5, 0.6) is 0 Å². The van der Waals surface area contributed by atoms with Crippen molar-refractivity contribution >= 4 is 23.1 Å². The number of pyridine rings is 1. The van der Waals surface area contributed by atoms with E-state index in [0.717, 1.165) is 0 Å². The molecule has 0 unspecified atom stereocenters. The first-order valence-corrected chi connectivity index (χ1v) is 3.97. The number of nitrogens with two attached hydrogens (primary N) is 2. The van der Waals surface area contributed by atoms with Crippen LogP contribution in [0, 0.1) is 0 Å². The van der Waals surface area contributed by atoms with Gasteiger partial charge in [-0.05, 0) is 6.07 Å². The number of hydrogen-bond donors (Lipinski definition) is 3. The molecule has 1 rings (SSSR count). The quantitative estimate of drug-likeness (QED) is 0.649. The highest BCUT2D eigenvalue weighted by molar-refractivity contribution is 6.30. The summed E-state index contributed by atoms with van der Waals surface area (Å²) in [6, 6.07) is 1.65. The fourth-order valence-electron chi connectivity index (χ4n) is 0.793. The molecular weight excluding hydrogens is 176 g/mol. The van der Waals surface area contributed by atoms with E-state index in [0.29, 0.717) is 29.6 Å². The van der Waals surface area contributed by atoms with Crippen molar-refractivity contribution in [3.8, 4) is 0 Å². The Bertz CT molecular complexity index is 264. The molecule has 1 aromatic rings. The van der Waals surface area contributed by atoms with Gasteiger partial charge in [0, 0.05) is 19.3 Å². The lowest BCUT2D eigenvalue weighted by Crippen LogP contribution is -2.14. The number of hydrogen-bond acceptors (Lipinski definition) is 4. The maximum absolute atomic E-state index is 5.66. The maximum Gasteiger partial charge on any atom is 0.149 e. The third-order valence-corrected chi connectivity index (χ3v) is 1.53. The Hall–Kier alpha value is -1.00. The second-order valence-electron chi connectivity index (χ2n) is 2.31. The van der Waals surface area contributed by atoms with Crippen LogP contribution in [0.1, 0.15) is 0 Å². The largest absolute Gasteiger partial charge is 0.396 e. The molecule has 12 heavy (non-hydrogen) atoms. The average molecular weight is 187 g/mol. The molecule has 66 valence electrons. The third kappa shape index (κ3) is 2.25. The summed E-state index contributed by atoms with van der Waals surface area (Å²) < 4.78 is 0. The van der Waals surface area contributed by atoms with Gasteiger partial charge in [0.05, 0.1) is 10.7 Å². The lowest BCUT2D eigenvalue weighted by atomic mass is 10.4. The van der Waals surface area contributed by atoms with Crippen LogP contribution in [0.15, 0.2) is 12.3 Å². The zero-order valence-corrected chi connectivity index (χ0v) is 7.30. The molecule has 0 aromatic carbocycles. The maximum atomic E-state index is 5.66. The fraction of sp³-hybridized carbons (Fsp3) is 0.286. The standard InChI is InChI=1S/C7H11ClN4/c8-5-3-6(10)7(12-4-5)11-2-1-9/h3-4H,1-2,9-10H2,(H,11,12). The molecule has 0 fully saturated rings. The molecule has 4 nitrogen and oxygen atoms in total. The molecule has 0 saturated heterocycles. The highest BCUT2D eigenvalue weighted by atomic mass is 35.5. The lowest BCUT2D eigenvalue weighted by Gasteiger charge is -2.06. The Morgan fingerprint density at radius 2 is 2.33 bits per heavy atom. The van der Waals surface area contributed by atoms with E-state index in [-0.39, 0.29) is 0 Å². The molecule has 5 heteroatoms. The molecule has 0 aliphatic heterocycles. The first-order chi connectivity index (χ1) is 5.74. The van der Waals surface area contributed by atoms with Crippen LogP contribution in [-0.2, 0) is 0 Å². The highest BCUT2D eigenvalue weighted by Crippen LogP contribution is 2.18. The van der Waals surface area contributed by atoms with Crippen LogP contribution >= 0.6 is 11.6 Å². The molecule has 0 amide bonds. The van der Waals surface area contributed by atoms with E-state index in [1.165, 1.54) is 6.20 Å². The van der Waals surface area contributed by atoms with Crippen molar-refractivity contribution in [3.63, 3.8) is 0 Å². The summed E-state index contributed by atoms with van der Waals surface area (Å²) >= 11 is 5.66. The minimum atomic E-state index is 0.533. The molecule has 0 aliphatic rings. The second kappa shape index (κ2) is 4.13. The monoisotopic (exact) mass is 186 g/mol. The number of nitrogens with one attached hydrogen (secondary N) is 1. The van der Waals surface area contributed by atoms with Crippen LogP contribution in [0.3, 0.4) is 0 Å². The van der Waals surface area contributed by atoms with Crippen LogP contribution in [0.2, 0.25) is 5.02 Å². The minimum absolute atomic E-state index is 0.533. The lowest BCUT2D eigenvalue weighted by molar-refractivity contribution is 1.01. The van der Waals surface area contributed by atoms with E-state index in [1.807, 2.05) is 0 Å². The third-order valence-electron chi connectivity index (χ3n) is 1.32. The highest BCUT2D eigenvalue weighted by Gasteiger charge is 1.99. The Kier molecular flexibility index (Phi) is 3.13. The number of aromatic nitrogens is 1. The molecule has 5 N–H and O–H groups in total. The van der Waals surface area contributed by atoms with Crippen molar-refractivity contribution in [2.75, 3.05) is 24.1 Å². The summed E-state index contributed by atoms with van der Waals surface area (Å²) in [4.78, 5) is 3.99. The Morgan fingerprint density at radius 1 is 1.58 bits per heavy atom. The van der Waals surface area contributed by atoms with Gasteiger partial charge >= 0.3 is 0 Å². The van der Waals surface area contributed by atoms with Crippen molar-refractivity contribution in [3.05, 3.63) is 17.3 Å². The van der Waals surface area contributed by atoms with E-state index in [9.17, 15) is 0 Å². The van der Waals surface area contributed by atoms with Crippen LogP contribution in [-0.4, -0.2) is 18.1 Å². The summed E-state index contributed by atoms with van der Waals surface area (Å²) in [6.45, 7) is 1.20. The SMILES string of the molecule is NCCNc1ncc(Cl)cc1N. The molecule has 0 bridgehead atoms. The molecule has 1 heterocycles. The molecule has 1 aromatic heterocycles. The van der Waals surface area contributed by atoms with Crippen LogP contribution in [0.25, 0.3) is 0 Å². The van der Waals surface area contributed by atoms with E-state index in [2.05, 4.69) is 10.3 Å². The van der Waals surface area contributed by atoms with Gasteiger partial charge in [-0.15, -0.1) is 0 Å². The topological polar surface area (TPSA) is 77.0 Å². The van der Waals surface area contributed by atoms with Crippen molar-refractivity contribution < 1.29 is 0 Å². The summed E-state index contributed by atoms with van der Waals surface area (Å²) in [5.41, 5.74) is 11.4. The number of nitrogen functional groups attached to an aromatic ring is 1. The van der Waals surface area contributed by atoms with Crippen LogP contribution in [0.4, 0.5) is 11.5 Å². The zero-order valence-electron chi connectivity index (χ0n) is 6.55. The van der Waals surface area contributed by atoms with Gasteiger partial charge in [-0.3, -0.25) is 0 Å². The number of nitrogens with zero attached hydrogens (tertiary/aromatic N) is 1. The van der Waals surface area contributed by atoms with Gasteiger partial charge < -0.3 is 16.8 Å². The summed E-state index contributed by atoms with van der Waals surface area (Å²) in [5, 5.41) is 3.50. The van der Waals surface area contributed by atoms with Crippen molar-refractivity contribution in [2.24, 2.45) is 5.73 Å². The van der Waals surface area contributed by atoms with Crippen molar-refractivity contribution in [1.29, 1.82) is 0 Å². The smallest absolute Gasteiger partial charge is 0.149 e. The molecule has 0 radical (unpaired) electrons. The molecular formula is C7H11ClN4. The number of anilines is 2. The van der Waals surface area contributed by atoms with Gasteiger partial charge in [-0.25, -0.2) is 4.98 Å². The first-order valence-electron chi connectivity index (χ1n) is 3.59. The number of rotatable bonds is 3. The van der Waals surface area contributed by atoms with Gasteiger partial charge in [-0.2, -0.15) is 0 Å². The zero-order chi connectivity index (χ0) is 8.97. The fourth-order valence-corrected chi connectivity index (χ4v) is 0.960. The van der Waals surface area contributed by atoms with E-state index < -0.39 is 0 Å². The Labute approximate surface area is 75.9 Å². The van der Waals surface area contributed by atoms with E-state index in [1.54, 1.807) is 6.07 Å². The number of halogens is 1. The summed E-state index contributed by atoms with van der Waals surface area (Å²) in [6.07, 6.45) is 1.54.